The predicted octanol–water partition coefficient (Wildman–Crippen LogP) is 2.53. The molecular formula is C20H25N5O3S. The Kier molecular flexibility index (Phi) is 6.07. The number of anilines is 2. The summed E-state index contributed by atoms with van der Waals surface area (Å²) in [5, 5.41) is 5.66. The van der Waals surface area contributed by atoms with Gasteiger partial charge >= 0.3 is 5.69 Å². The fourth-order valence-corrected chi connectivity index (χ4v) is 3.76. The van der Waals surface area contributed by atoms with Gasteiger partial charge in [0.1, 0.15) is 17.1 Å². The van der Waals surface area contributed by atoms with Crippen LogP contribution in [-0.4, -0.2) is 21.2 Å². The maximum Gasteiger partial charge on any atom is 0.332 e. The fourth-order valence-electron chi connectivity index (χ4n) is 3.06. The summed E-state index contributed by atoms with van der Waals surface area (Å²) in [6.07, 6.45) is 0. The van der Waals surface area contributed by atoms with Gasteiger partial charge in [-0.3, -0.25) is 13.9 Å². The zero-order valence-corrected chi connectivity index (χ0v) is 17.7. The minimum Gasteiger partial charge on any atom is -0.496 e. The molecule has 9 heteroatoms. The van der Waals surface area contributed by atoms with Crippen molar-refractivity contribution < 1.29 is 4.74 Å². The Morgan fingerprint density at radius 2 is 2.00 bits per heavy atom. The lowest BCUT2D eigenvalue weighted by atomic mass is 10.2. The molecule has 0 unspecified atom stereocenters. The van der Waals surface area contributed by atoms with Crippen LogP contribution in [0.15, 0.2) is 39.2 Å². The minimum atomic E-state index is -0.450. The number of hydrogen-bond acceptors (Lipinski definition) is 7. The zero-order valence-electron chi connectivity index (χ0n) is 16.9. The Bertz CT molecular complexity index is 1130. The van der Waals surface area contributed by atoms with E-state index in [0.717, 1.165) is 15.9 Å². The monoisotopic (exact) mass is 415 g/mol. The molecule has 1 aromatic carbocycles. The van der Waals surface area contributed by atoms with Gasteiger partial charge in [0.2, 0.25) is 0 Å². The Hall–Kier alpha value is -3.07. The Labute approximate surface area is 172 Å². The van der Waals surface area contributed by atoms with Crippen molar-refractivity contribution in [2.24, 2.45) is 13.0 Å². The number of thiazole rings is 1. The van der Waals surface area contributed by atoms with Crippen LogP contribution < -0.4 is 27.0 Å². The SMILES string of the molecule is COc1ccccc1CNc1nc(-c2c(N)n(CC(C)C)c(=O)n(C)c2=O)cs1. The van der Waals surface area contributed by atoms with E-state index in [-0.39, 0.29) is 17.3 Å². The van der Waals surface area contributed by atoms with Crippen molar-refractivity contribution in [3.8, 4) is 17.0 Å². The first-order valence-corrected chi connectivity index (χ1v) is 10.1. The van der Waals surface area contributed by atoms with E-state index >= 15 is 0 Å². The molecule has 8 nitrogen and oxygen atoms in total. The average molecular weight is 416 g/mol. The molecule has 0 saturated carbocycles. The smallest absolute Gasteiger partial charge is 0.332 e. The third-order valence-corrected chi connectivity index (χ3v) is 5.31. The molecule has 0 aliphatic heterocycles. The summed E-state index contributed by atoms with van der Waals surface area (Å²) < 4.78 is 7.87. The Morgan fingerprint density at radius 3 is 2.69 bits per heavy atom. The number of nitrogens with zero attached hydrogens (tertiary/aromatic N) is 3. The van der Waals surface area contributed by atoms with Crippen LogP contribution in [-0.2, 0) is 20.1 Å². The van der Waals surface area contributed by atoms with Gasteiger partial charge in [0.25, 0.3) is 5.56 Å². The zero-order chi connectivity index (χ0) is 21.1. The molecule has 0 amide bonds. The molecule has 3 aromatic rings. The summed E-state index contributed by atoms with van der Waals surface area (Å²) >= 11 is 1.37. The molecule has 154 valence electrons. The van der Waals surface area contributed by atoms with Crippen molar-refractivity contribution >= 4 is 22.3 Å². The number of nitrogen functional groups attached to an aromatic ring is 1. The summed E-state index contributed by atoms with van der Waals surface area (Å²) in [6, 6.07) is 7.71. The van der Waals surface area contributed by atoms with Gasteiger partial charge in [-0.05, 0) is 12.0 Å². The van der Waals surface area contributed by atoms with E-state index in [1.807, 2.05) is 38.1 Å². The number of aromatic nitrogens is 3. The van der Waals surface area contributed by atoms with E-state index in [1.165, 1.54) is 23.0 Å². The summed E-state index contributed by atoms with van der Waals surface area (Å²) in [6.45, 7) is 4.92. The molecule has 29 heavy (non-hydrogen) atoms. The standard InChI is InChI=1S/C20H25N5O3S/c1-12(2)10-25-17(21)16(18(26)24(3)20(25)27)14-11-29-19(23-14)22-9-13-7-5-6-8-15(13)28-4/h5-8,11-12H,9-10,21H2,1-4H3,(H,22,23). The van der Waals surface area contributed by atoms with Gasteiger partial charge < -0.3 is 15.8 Å². The topological polar surface area (TPSA) is 104 Å². The summed E-state index contributed by atoms with van der Waals surface area (Å²) in [4.78, 5) is 29.7. The third kappa shape index (κ3) is 4.19. The van der Waals surface area contributed by atoms with Crippen LogP contribution >= 0.6 is 11.3 Å². The van der Waals surface area contributed by atoms with Crippen LogP contribution in [0, 0.1) is 5.92 Å². The van der Waals surface area contributed by atoms with E-state index in [0.29, 0.717) is 23.9 Å². The summed E-state index contributed by atoms with van der Waals surface area (Å²) in [5.41, 5.74) is 7.04. The molecule has 0 spiro atoms. The van der Waals surface area contributed by atoms with Crippen LogP contribution in [0.25, 0.3) is 11.3 Å². The lowest BCUT2D eigenvalue weighted by Crippen LogP contribution is -2.41. The number of methoxy groups -OCH3 is 1. The molecule has 0 aliphatic carbocycles. The number of nitrogens with one attached hydrogen (secondary N) is 1. The molecule has 0 radical (unpaired) electrons. The van der Waals surface area contributed by atoms with E-state index < -0.39 is 11.2 Å². The average Bonchev–Trinajstić information content (AvgIpc) is 3.16. The van der Waals surface area contributed by atoms with Crippen LogP contribution in [0.1, 0.15) is 19.4 Å². The van der Waals surface area contributed by atoms with Gasteiger partial charge in [-0.2, -0.15) is 0 Å². The van der Waals surface area contributed by atoms with Crippen molar-refractivity contribution in [2.75, 3.05) is 18.2 Å². The number of hydrogen-bond donors (Lipinski definition) is 2. The lowest BCUT2D eigenvalue weighted by molar-refractivity contribution is 0.410. The minimum absolute atomic E-state index is 0.147. The van der Waals surface area contributed by atoms with E-state index in [2.05, 4.69) is 10.3 Å². The second kappa shape index (κ2) is 8.52. The number of nitrogens with two attached hydrogens (primary N) is 1. The van der Waals surface area contributed by atoms with Gasteiger partial charge in [-0.1, -0.05) is 32.0 Å². The van der Waals surface area contributed by atoms with Crippen molar-refractivity contribution in [3.05, 3.63) is 56.0 Å². The first kappa shape index (κ1) is 20.7. The molecule has 2 aromatic heterocycles. The molecule has 0 bridgehead atoms. The highest BCUT2D eigenvalue weighted by atomic mass is 32.1. The molecule has 0 atom stereocenters. The third-order valence-electron chi connectivity index (χ3n) is 4.51. The van der Waals surface area contributed by atoms with Crippen LogP contribution in [0.5, 0.6) is 5.75 Å². The molecular weight excluding hydrogens is 390 g/mol. The molecule has 0 aliphatic rings. The number of ether oxygens (including phenoxy) is 1. The van der Waals surface area contributed by atoms with Crippen molar-refractivity contribution in [1.82, 2.24) is 14.1 Å². The lowest BCUT2D eigenvalue weighted by Gasteiger charge is -2.15. The fraction of sp³-hybridized carbons (Fsp3) is 0.350. The van der Waals surface area contributed by atoms with Gasteiger partial charge in [0.05, 0.1) is 12.8 Å². The Morgan fingerprint density at radius 1 is 1.28 bits per heavy atom. The van der Waals surface area contributed by atoms with Gasteiger partial charge in [-0.25, -0.2) is 9.78 Å². The highest BCUT2D eigenvalue weighted by Gasteiger charge is 2.20. The highest BCUT2D eigenvalue weighted by Crippen LogP contribution is 2.27. The predicted molar refractivity (Wildman–Crippen MR) is 117 cm³/mol. The van der Waals surface area contributed by atoms with Crippen LogP contribution in [0.3, 0.4) is 0 Å². The first-order chi connectivity index (χ1) is 13.8. The molecule has 0 fully saturated rings. The second-order valence-corrected chi connectivity index (χ2v) is 7.97. The molecule has 3 N–H and O–H groups in total. The van der Waals surface area contributed by atoms with Crippen molar-refractivity contribution in [2.45, 2.75) is 26.9 Å². The molecule has 0 saturated heterocycles. The first-order valence-electron chi connectivity index (χ1n) is 9.24. The van der Waals surface area contributed by atoms with Gasteiger partial charge in [0.15, 0.2) is 5.13 Å². The van der Waals surface area contributed by atoms with E-state index in [4.69, 9.17) is 10.5 Å². The van der Waals surface area contributed by atoms with Gasteiger partial charge in [0, 0.05) is 31.1 Å². The highest BCUT2D eigenvalue weighted by molar-refractivity contribution is 7.14. The normalized spacial score (nSPS) is 11.1. The number of para-hydroxylation sites is 1. The maximum absolute atomic E-state index is 12.7. The van der Waals surface area contributed by atoms with Crippen molar-refractivity contribution in [3.63, 3.8) is 0 Å². The van der Waals surface area contributed by atoms with Gasteiger partial charge in [-0.15, -0.1) is 11.3 Å². The Balaban J connectivity index is 1.93. The quantitative estimate of drug-likeness (QED) is 0.614. The van der Waals surface area contributed by atoms with E-state index in [9.17, 15) is 9.59 Å². The summed E-state index contributed by atoms with van der Waals surface area (Å²) in [7, 11) is 3.09. The number of rotatable bonds is 7. The summed E-state index contributed by atoms with van der Waals surface area (Å²) in [5.74, 6) is 1.14. The van der Waals surface area contributed by atoms with Crippen LogP contribution in [0.4, 0.5) is 10.9 Å². The van der Waals surface area contributed by atoms with Crippen molar-refractivity contribution in [1.29, 1.82) is 0 Å². The molecule has 3 rings (SSSR count). The second-order valence-electron chi connectivity index (χ2n) is 7.11. The maximum atomic E-state index is 12.7. The van der Waals surface area contributed by atoms with E-state index in [1.54, 1.807) is 12.5 Å². The number of benzene rings is 1. The molecule has 2 heterocycles. The van der Waals surface area contributed by atoms with Crippen LogP contribution in [0.2, 0.25) is 0 Å². The largest absolute Gasteiger partial charge is 0.496 e.